The second-order valence-electron chi connectivity index (χ2n) is 7.06. The standard InChI is InChI=1S/C21H23N5O2S/c1-3-26-17-6-5-14(18(28)7-4-13(2)27)10-16(17)25-19(26)11-15-12-23-20(24-15)21-22-8-9-29-21/h5-6,8-10,12-13,27H,3-4,7,11H2,1-2H3,(H,23,24). The Balaban J connectivity index is 1.60. The monoisotopic (exact) mass is 409 g/mol. The number of hydrogen-bond donors (Lipinski definition) is 2. The van der Waals surface area contributed by atoms with E-state index in [1.165, 1.54) is 0 Å². The summed E-state index contributed by atoms with van der Waals surface area (Å²) in [6, 6.07) is 5.66. The average Bonchev–Trinajstić information content (AvgIpc) is 3.44. The van der Waals surface area contributed by atoms with E-state index in [0.717, 1.165) is 39.9 Å². The molecule has 0 fully saturated rings. The smallest absolute Gasteiger partial charge is 0.166 e. The van der Waals surface area contributed by atoms with Crippen LogP contribution < -0.4 is 0 Å². The molecule has 1 aromatic carbocycles. The van der Waals surface area contributed by atoms with E-state index in [1.807, 2.05) is 29.8 Å². The van der Waals surface area contributed by atoms with Crippen molar-refractivity contribution in [3.63, 3.8) is 0 Å². The van der Waals surface area contributed by atoms with Crippen molar-refractivity contribution in [2.45, 2.75) is 45.8 Å². The summed E-state index contributed by atoms with van der Waals surface area (Å²) in [6.45, 7) is 4.57. The molecule has 0 bridgehead atoms. The number of ketones is 1. The van der Waals surface area contributed by atoms with E-state index in [-0.39, 0.29) is 5.78 Å². The highest BCUT2D eigenvalue weighted by Crippen LogP contribution is 2.23. The van der Waals surface area contributed by atoms with Crippen molar-refractivity contribution in [2.24, 2.45) is 0 Å². The van der Waals surface area contributed by atoms with Crippen molar-refractivity contribution in [1.82, 2.24) is 24.5 Å². The first-order valence-electron chi connectivity index (χ1n) is 9.69. The number of rotatable bonds is 8. The number of carbonyl (C=O) groups excluding carboxylic acids is 1. The van der Waals surface area contributed by atoms with Crippen LogP contribution in [-0.2, 0) is 13.0 Å². The van der Waals surface area contributed by atoms with Gasteiger partial charge in [0, 0.05) is 48.4 Å². The molecule has 0 aliphatic rings. The minimum absolute atomic E-state index is 0.0297. The molecule has 0 aliphatic heterocycles. The number of aliphatic hydroxyl groups is 1. The number of H-pyrrole nitrogens is 1. The number of carbonyl (C=O) groups is 1. The van der Waals surface area contributed by atoms with Gasteiger partial charge in [0.1, 0.15) is 5.82 Å². The quantitative estimate of drug-likeness (QED) is 0.431. The topological polar surface area (TPSA) is 96.7 Å². The number of thiazole rings is 1. The number of aromatic nitrogens is 5. The summed E-state index contributed by atoms with van der Waals surface area (Å²) in [4.78, 5) is 29.2. The third kappa shape index (κ3) is 4.13. The van der Waals surface area contributed by atoms with Gasteiger partial charge in [0.05, 0.1) is 17.1 Å². The van der Waals surface area contributed by atoms with Gasteiger partial charge in [-0.15, -0.1) is 11.3 Å². The number of aryl methyl sites for hydroxylation is 1. The zero-order valence-electron chi connectivity index (χ0n) is 16.4. The number of nitrogens with one attached hydrogen (secondary N) is 1. The van der Waals surface area contributed by atoms with Crippen molar-refractivity contribution in [3.8, 4) is 10.8 Å². The van der Waals surface area contributed by atoms with Crippen LogP contribution in [-0.4, -0.2) is 41.5 Å². The van der Waals surface area contributed by atoms with Crippen molar-refractivity contribution in [3.05, 3.63) is 53.1 Å². The van der Waals surface area contributed by atoms with Gasteiger partial charge in [-0.25, -0.2) is 15.0 Å². The van der Waals surface area contributed by atoms with Crippen LogP contribution in [0.15, 0.2) is 36.0 Å². The summed E-state index contributed by atoms with van der Waals surface area (Å²) in [5, 5.41) is 12.2. The van der Waals surface area contributed by atoms with Gasteiger partial charge in [-0.05, 0) is 38.5 Å². The number of Topliss-reactive ketones (excluding diaryl/α,β-unsaturated/α-hetero) is 1. The second kappa shape index (κ2) is 8.26. The second-order valence-corrected chi connectivity index (χ2v) is 7.95. The van der Waals surface area contributed by atoms with Crippen LogP contribution in [0.4, 0.5) is 0 Å². The maximum Gasteiger partial charge on any atom is 0.166 e. The van der Waals surface area contributed by atoms with Crippen LogP contribution in [0.5, 0.6) is 0 Å². The fraction of sp³-hybridized carbons (Fsp3) is 0.333. The lowest BCUT2D eigenvalue weighted by molar-refractivity contribution is 0.0949. The molecule has 2 N–H and O–H groups in total. The molecule has 8 heteroatoms. The molecule has 4 aromatic rings. The molecule has 29 heavy (non-hydrogen) atoms. The molecule has 0 amide bonds. The van der Waals surface area contributed by atoms with Crippen LogP contribution in [0.1, 0.15) is 48.6 Å². The van der Waals surface area contributed by atoms with Gasteiger partial charge in [-0.1, -0.05) is 0 Å². The zero-order valence-corrected chi connectivity index (χ0v) is 17.2. The van der Waals surface area contributed by atoms with E-state index >= 15 is 0 Å². The minimum Gasteiger partial charge on any atom is -0.393 e. The van der Waals surface area contributed by atoms with Gasteiger partial charge < -0.3 is 14.7 Å². The zero-order chi connectivity index (χ0) is 20.4. The van der Waals surface area contributed by atoms with Gasteiger partial charge >= 0.3 is 0 Å². The number of fused-ring (bicyclic) bond motifs is 1. The summed E-state index contributed by atoms with van der Waals surface area (Å²) in [5.41, 5.74) is 3.42. The molecule has 150 valence electrons. The lowest BCUT2D eigenvalue weighted by Gasteiger charge is -2.06. The minimum atomic E-state index is -0.475. The summed E-state index contributed by atoms with van der Waals surface area (Å²) < 4.78 is 2.16. The number of hydrogen-bond acceptors (Lipinski definition) is 6. The molecule has 3 aromatic heterocycles. The lowest BCUT2D eigenvalue weighted by Crippen LogP contribution is -2.06. The van der Waals surface area contributed by atoms with Crippen molar-refractivity contribution in [1.29, 1.82) is 0 Å². The molecule has 7 nitrogen and oxygen atoms in total. The first kappa shape index (κ1) is 19.5. The highest BCUT2D eigenvalue weighted by atomic mass is 32.1. The van der Waals surface area contributed by atoms with E-state index in [0.29, 0.717) is 24.8 Å². The van der Waals surface area contributed by atoms with Crippen molar-refractivity contribution >= 4 is 28.2 Å². The van der Waals surface area contributed by atoms with Gasteiger partial charge in [0.15, 0.2) is 16.6 Å². The summed E-state index contributed by atoms with van der Waals surface area (Å²) in [7, 11) is 0. The largest absolute Gasteiger partial charge is 0.393 e. The first-order chi connectivity index (χ1) is 14.0. The number of aromatic amines is 1. The van der Waals surface area contributed by atoms with Crippen LogP contribution >= 0.6 is 11.3 Å². The van der Waals surface area contributed by atoms with E-state index in [2.05, 4.69) is 26.4 Å². The van der Waals surface area contributed by atoms with Crippen LogP contribution in [0.25, 0.3) is 21.9 Å². The van der Waals surface area contributed by atoms with E-state index in [4.69, 9.17) is 4.98 Å². The van der Waals surface area contributed by atoms with Crippen LogP contribution in [0, 0.1) is 0 Å². The number of benzene rings is 1. The Morgan fingerprint density at radius 3 is 2.93 bits per heavy atom. The van der Waals surface area contributed by atoms with Crippen LogP contribution in [0.3, 0.4) is 0 Å². The molecule has 0 aliphatic carbocycles. The van der Waals surface area contributed by atoms with Gasteiger partial charge in [-0.3, -0.25) is 4.79 Å². The van der Waals surface area contributed by atoms with Gasteiger partial charge in [0.2, 0.25) is 0 Å². The van der Waals surface area contributed by atoms with Crippen molar-refractivity contribution in [2.75, 3.05) is 0 Å². The summed E-state index contributed by atoms with van der Waals surface area (Å²) in [6.07, 6.45) is 4.52. The molecule has 0 radical (unpaired) electrons. The fourth-order valence-corrected chi connectivity index (χ4v) is 3.98. The molecule has 1 unspecified atom stereocenters. The summed E-state index contributed by atoms with van der Waals surface area (Å²) in [5.74, 6) is 1.72. The Kier molecular flexibility index (Phi) is 5.55. The maximum absolute atomic E-state index is 12.4. The molecule has 0 saturated carbocycles. The predicted molar refractivity (Wildman–Crippen MR) is 113 cm³/mol. The summed E-state index contributed by atoms with van der Waals surface area (Å²) >= 11 is 1.54. The fourth-order valence-electron chi connectivity index (χ4n) is 3.39. The average molecular weight is 410 g/mol. The van der Waals surface area contributed by atoms with E-state index in [1.54, 1.807) is 24.5 Å². The Morgan fingerprint density at radius 1 is 1.34 bits per heavy atom. The number of imidazole rings is 2. The molecule has 0 saturated heterocycles. The molecule has 0 spiro atoms. The van der Waals surface area contributed by atoms with Gasteiger partial charge in [0.25, 0.3) is 0 Å². The molecule has 4 rings (SSSR count). The highest BCUT2D eigenvalue weighted by molar-refractivity contribution is 7.13. The molecular weight excluding hydrogens is 386 g/mol. The van der Waals surface area contributed by atoms with E-state index < -0.39 is 6.10 Å². The Bertz CT molecular complexity index is 1130. The van der Waals surface area contributed by atoms with Crippen LogP contribution in [0.2, 0.25) is 0 Å². The Labute approximate surface area is 172 Å². The number of aliphatic hydroxyl groups excluding tert-OH is 1. The first-order valence-corrected chi connectivity index (χ1v) is 10.6. The number of nitrogens with zero attached hydrogens (tertiary/aromatic N) is 4. The van der Waals surface area contributed by atoms with E-state index in [9.17, 15) is 9.90 Å². The Hall–Kier alpha value is -2.84. The third-order valence-electron chi connectivity index (χ3n) is 4.87. The van der Waals surface area contributed by atoms with Crippen molar-refractivity contribution < 1.29 is 9.90 Å². The molecular formula is C21H23N5O2S. The maximum atomic E-state index is 12.4. The lowest BCUT2D eigenvalue weighted by atomic mass is 10.0. The van der Waals surface area contributed by atoms with Gasteiger partial charge in [-0.2, -0.15) is 0 Å². The SMILES string of the molecule is CCn1c(Cc2cnc(-c3nccs3)[nH]2)nc2cc(C(=O)CCC(C)O)ccc21. The Morgan fingerprint density at radius 2 is 2.21 bits per heavy atom. The highest BCUT2D eigenvalue weighted by Gasteiger charge is 2.15. The predicted octanol–water partition coefficient (Wildman–Crippen LogP) is 3.84. The third-order valence-corrected chi connectivity index (χ3v) is 5.65. The molecule has 1 atom stereocenters. The molecule has 3 heterocycles. The normalized spacial score (nSPS) is 12.5.